The maximum absolute atomic E-state index is 9.55. The Morgan fingerprint density at radius 1 is 1.26 bits per heavy atom. The number of thiophene rings is 1. The van der Waals surface area contributed by atoms with Crippen LogP contribution in [0.15, 0.2) is 16.7 Å². The first kappa shape index (κ1) is 20.7. The number of ether oxygens (including phenoxy) is 1. The fraction of sp³-hybridized carbons (Fsp3) is 0.500. The predicted molar refractivity (Wildman–Crippen MR) is 120 cm³/mol. The van der Waals surface area contributed by atoms with Gasteiger partial charge in [0.25, 0.3) is 5.89 Å². The third-order valence-electron chi connectivity index (χ3n) is 6.99. The molecule has 31 heavy (non-hydrogen) atoms. The van der Waals surface area contributed by atoms with E-state index in [4.69, 9.17) is 19.4 Å². The third kappa shape index (κ3) is 3.22. The highest BCUT2D eigenvalue weighted by Crippen LogP contribution is 2.72. The molecular formula is C24H28N2O4S. The summed E-state index contributed by atoms with van der Waals surface area (Å²) in [5.74, 6) is 3.29. The standard InChI is InChI=1S/C24H28N2O4S/c1-11-6-14(7-12(2)20(11)29-10-15(28)9-27)23-25-22(26-30-23)21-16-8-17-19(24(17,4)5)18(16)13(3)31-21/h6-7,15,17,19,27-28H,8-10H2,1-5H3/t15?,17-,19-/m1/s1. The summed E-state index contributed by atoms with van der Waals surface area (Å²) in [7, 11) is 0. The molecule has 1 unspecified atom stereocenters. The topological polar surface area (TPSA) is 88.6 Å². The van der Waals surface area contributed by atoms with Crippen LogP contribution in [0.1, 0.15) is 46.9 Å². The number of aryl methyl sites for hydroxylation is 3. The van der Waals surface area contributed by atoms with Gasteiger partial charge in [-0.1, -0.05) is 19.0 Å². The number of hydrogen-bond acceptors (Lipinski definition) is 7. The third-order valence-corrected chi connectivity index (χ3v) is 8.15. The van der Waals surface area contributed by atoms with Crippen molar-refractivity contribution in [2.75, 3.05) is 13.2 Å². The Balaban J connectivity index is 1.42. The minimum Gasteiger partial charge on any atom is -0.490 e. The van der Waals surface area contributed by atoms with Gasteiger partial charge in [0.1, 0.15) is 18.5 Å². The summed E-state index contributed by atoms with van der Waals surface area (Å²) in [5.41, 5.74) is 6.04. The van der Waals surface area contributed by atoms with E-state index in [0.29, 0.717) is 28.8 Å². The Bertz CT molecular complexity index is 1140. The van der Waals surface area contributed by atoms with Crippen LogP contribution in [-0.2, 0) is 6.42 Å². The molecular weight excluding hydrogens is 412 g/mol. The molecule has 2 N–H and O–H groups in total. The average molecular weight is 441 g/mol. The van der Waals surface area contributed by atoms with Crippen LogP contribution in [0.4, 0.5) is 0 Å². The van der Waals surface area contributed by atoms with E-state index in [-0.39, 0.29) is 13.2 Å². The Labute approximate surface area is 185 Å². The predicted octanol–water partition coefficient (Wildman–Crippen LogP) is 4.42. The highest BCUT2D eigenvalue weighted by atomic mass is 32.1. The van der Waals surface area contributed by atoms with E-state index < -0.39 is 6.10 Å². The lowest BCUT2D eigenvalue weighted by atomic mass is 9.95. The first-order valence-electron chi connectivity index (χ1n) is 10.7. The lowest BCUT2D eigenvalue weighted by molar-refractivity contribution is 0.0532. The van der Waals surface area contributed by atoms with Crippen LogP contribution < -0.4 is 4.74 Å². The molecule has 2 heterocycles. The van der Waals surface area contributed by atoms with E-state index in [1.165, 1.54) is 16.0 Å². The molecule has 164 valence electrons. The number of rotatable bonds is 6. The smallest absolute Gasteiger partial charge is 0.258 e. The zero-order valence-electron chi connectivity index (χ0n) is 18.5. The van der Waals surface area contributed by atoms with E-state index in [0.717, 1.165) is 33.9 Å². The van der Waals surface area contributed by atoms with Crippen LogP contribution in [0, 0.1) is 32.1 Å². The van der Waals surface area contributed by atoms with Gasteiger partial charge in [-0.15, -0.1) is 11.3 Å². The van der Waals surface area contributed by atoms with Crippen molar-refractivity contribution in [1.29, 1.82) is 0 Å². The number of fused-ring (bicyclic) bond motifs is 3. The molecule has 7 heteroatoms. The van der Waals surface area contributed by atoms with Gasteiger partial charge in [-0.25, -0.2) is 0 Å². The van der Waals surface area contributed by atoms with E-state index in [1.54, 1.807) is 11.3 Å². The lowest BCUT2D eigenvalue weighted by Gasteiger charge is -2.15. The molecule has 1 fully saturated rings. The molecule has 2 aromatic heterocycles. The SMILES string of the molecule is Cc1cc(-c2nc(-c3sc(C)c4c3C[C@@H]3[C@H]4C3(C)C)no2)cc(C)c1OCC(O)CO. The second kappa shape index (κ2) is 7.15. The molecule has 1 aromatic carbocycles. The van der Waals surface area contributed by atoms with Crippen molar-refractivity contribution in [1.82, 2.24) is 10.1 Å². The van der Waals surface area contributed by atoms with Crippen molar-refractivity contribution in [3.05, 3.63) is 39.3 Å². The molecule has 1 saturated carbocycles. The molecule has 2 aliphatic rings. The van der Waals surface area contributed by atoms with Crippen LogP contribution in [-0.4, -0.2) is 39.7 Å². The Kier molecular flexibility index (Phi) is 4.77. The molecule has 2 aliphatic carbocycles. The van der Waals surface area contributed by atoms with Gasteiger partial charge in [-0.05, 0) is 78.8 Å². The van der Waals surface area contributed by atoms with Crippen LogP contribution >= 0.6 is 11.3 Å². The van der Waals surface area contributed by atoms with Gasteiger partial charge in [0, 0.05) is 10.4 Å². The summed E-state index contributed by atoms with van der Waals surface area (Å²) < 4.78 is 11.3. The summed E-state index contributed by atoms with van der Waals surface area (Å²) in [6.45, 7) is 10.6. The molecule has 3 atom stereocenters. The van der Waals surface area contributed by atoms with Gasteiger partial charge in [-0.2, -0.15) is 4.98 Å². The first-order chi connectivity index (χ1) is 14.7. The molecule has 6 nitrogen and oxygen atoms in total. The van der Waals surface area contributed by atoms with Crippen molar-refractivity contribution in [3.8, 4) is 27.9 Å². The quantitative estimate of drug-likeness (QED) is 0.590. The summed E-state index contributed by atoms with van der Waals surface area (Å²) in [4.78, 5) is 7.27. The van der Waals surface area contributed by atoms with Crippen molar-refractivity contribution >= 4 is 11.3 Å². The monoisotopic (exact) mass is 440 g/mol. The molecule has 0 bridgehead atoms. The fourth-order valence-corrected chi connectivity index (χ4v) is 6.44. The van der Waals surface area contributed by atoms with Crippen molar-refractivity contribution < 1.29 is 19.5 Å². The van der Waals surface area contributed by atoms with Crippen LogP contribution in [0.5, 0.6) is 5.75 Å². The van der Waals surface area contributed by atoms with Gasteiger partial charge in [0.2, 0.25) is 5.82 Å². The number of aliphatic hydroxyl groups excluding tert-OH is 2. The zero-order chi connectivity index (χ0) is 22.1. The fourth-order valence-electron chi connectivity index (χ4n) is 5.28. The average Bonchev–Trinajstić information content (AvgIpc) is 3.22. The number of benzene rings is 1. The Morgan fingerprint density at radius 3 is 2.65 bits per heavy atom. The van der Waals surface area contributed by atoms with E-state index in [2.05, 4.69) is 25.9 Å². The summed E-state index contributed by atoms with van der Waals surface area (Å²) >= 11 is 1.78. The first-order valence-corrected chi connectivity index (χ1v) is 11.5. The van der Waals surface area contributed by atoms with Crippen LogP contribution in [0.3, 0.4) is 0 Å². The summed E-state index contributed by atoms with van der Waals surface area (Å²) in [6.07, 6.45) is 0.213. The van der Waals surface area contributed by atoms with Crippen molar-refractivity contribution in [3.63, 3.8) is 0 Å². The number of hydrogen-bond donors (Lipinski definition) is 2. The lowest BCUT2D eigenvalue weighted by Crippen LogP contribution is -2.21. The number of aliphatic hydroxyl groups is 2. The normalized spacial score (nSPS) is 21.6. The van der Waals surface area contributed by atoms with Gasteiger partial charge >= 0.3 is 0 Å². The second-order valence-electron chi connectivity index (χ2n) is 9.50. The molecule has 0 radical (unpaired) electrons. The zero-order valence-corrected chi connectivity index (χ0v) is 19.3. The molecule has 0 saturated heterocycles. The van der Waals surface area contributed by atoms with Crippen molar-refractivity contribution in [2.45, 2.75) is 53.1 Å². The largest absolute Gasteiger partial charge is 0.490 e. The van der Waals surface area contributed by atoms with Gasteiger partial charge in [0.15, 0.2) is 0 Å². The second-order valence-corrected chi connectivity index (χ2v) is 10.7. The highest BCUT2D eigenvalue weighted by Gasteiger charge is 2.63. The summed E-state index contributed by atoms with van der Waals surface area (Å²) in [5, 5.41) is 22.9. The molecule has 0 amide bonds. The maximum Gasteiger partial charge on any atom is 0.258 e. The Morgan fingerprint density at radius 2 is 1.97 bits per heavy atom. The van der Waals surface area contributed by atoms with Gasteiger partial charge in [-0.3, -0.25) is 0 Å². The van der Waals surface area contributed by atoms with E-state index in [1.807, 2.05) is 26.0 Å². The molecule has 0 aliphatic heterocycles. The summed E-state index contributed by atoms with van der Waals surface area (Å²) in [6, 6.07) is 3.90. The Hall–Kier alpha value is -2.22. The molecule has 5 rings (SSSR count). The van der Waals surface area contributed by atoms with E-state index in [9.17, 15) is 5.11 Å². The maximum atomic E-state index is 9.55. The van der Waals surface area contributed by atoms with E-state index >= 15 is 0 Å². The molecule has 3 aromatic rings. The van der Waals surface area contributed by atoms with Crippen molar-refractivity contribution in [2.24, 2.45) is 11.3 Å². The van der Waals surface area contributed by atoms with Gasteiger partial charge < -0.3 is 19.5 Å². The number of aromatic nitrogens is 2. The minimum absolute atomic E-state index is 0.0455. The number of nitrogens with zero attached hydrogens (tertiary/aromatic N) is 2. The minimum atomic E-state index is -0.899. The van der Waals surface area contributed by atoms with Crippen LogP contribution in [0.2, 0.25) is 0 Å². The van der Waals surface area contributed by atoms with Crippen LogP contribution in [0.25, 0.3) is 22.2 Å². The highest BCUT2D eigenvalue weighted by molar-refractivity contribution is 7.15. The molecule has 0 spiro atoms. The van der Waals surface area contributed by atoms with Gasteiger partial charge in [0.05, 0.1) is 11.5 Å².